The van der Waals surface area contributed by atoms with E-state index >= 15 is 0 Å². The van der Waals surface area contributed by atoms with Gasteiger partial charge in [-0.25, -0.2) is 9.59 Å². The molecule has 1 aromatic carbocycles. The number of carbonyl (C=O) groups excluding carboxylic acids is 1. The molecule has 21 heavy (non-hydrogen) atoms. The second-order valence-corrected chi connectivity index (χ2v) is 4.67. The number of aryl methyl sites for hydroxylation is 1. The summed E-state index contributed by atoms with van der Waals surface area (Å²) in [6, 6.07) is 7.51. The van der Waals surface area contributed by atoms with Gasteiger partial charge < -0.3 is 20.2 Å². The number of rotatable bonds is 4. The second kappa shape index (κ2) is 6.13. The maximum absolute atomic E-state index is 11.9. The monoisotopic (exact) mass is 288 g/mol. The summed E-state index contributed by atoms with van der Waals surface area (Å²) >= 11 is 0. The topological polar surface area (TPSA) is 91.6 Å². The number of hydrogen-bond donors (Lipinski definition) is 3. The average molecular weight is 288 g/mol. The molecule has 1 atom stereocenters. The van der Waals surface area contributed by atoms with Crippen LogP contribution in [0.5, 0.6) is 0 Å². The van der Waals surface area contributed by atoms with Crippen LogP contribution in [-0.2, 0) is 0 Å². The van der Waals surface area contributed by atoms with Gasteiger partial charge in [0.25, 0.3) is 0 Å². The van der Waals surface area contributed by atoms with Gasteiger partial charge in [0, 0.05) is 5.69 Å². The first kappa shape index (κ1) is 14.6. The maximum Gasteiger partial charge on any atom is 0.336 e. The van der Waals surface area contributed by atoms with Crippen molar-refractivity contribution in [2.75, 3.05) is 5.32 Å². The maximum atomic E-state index is 11.9. The molecule has 0 radical (unpaired) electrons. The van der Waals surface area contributed by atoms with Crippen molar-refractivity contribution in [3.05, 3.63) is 53.5 Å². The van der Waals surface area contributed by atoms with Crippen LogP contribution in [0, 0.1) is 6.92 Å². The zero-order chi connectivity index (χ0) is 15.4. The van der Waals surface area contributed by atoms with Crippen LogP contribution in [0.2, 0.25) is 0 Å². The van der Waals surface area contributed by atoms with Gasteiger partial charge in [-0.05, 0) is 43.7 Å². The van der Waals surface area contributed by atoms with Crippen LogP contribution in [-0.4, -0.2) is 17.1 Å². The minimum atomic E-state index is -1.03. The summed E-state index contributed by atoms with van der Waals surface area (Å²) in [6.07, 6.45) is 1.53. The van der Waals surface area contributed by atoms with Gasteiger partial charge >= 0.3 is 12.0 Å². The summed E-state index contributed by atoms with van der Waals surface area (Å²) < 4.78 is 5.19. The van der Waals surface area contributed by atoms with Crippen molar-refractivity contribution in [1.82, 2.24) is 5.32 Å². The summed E-state index contributed by atoms with van der Waals surface area (Å²) in [5.74, 6) is -0.388. The average Bonchev–Trinajstić information content (AvgIpc) is 2.94. The van der Waals surface area contributed by atoms with E-state index in [-0.39, 0.29) is 11.6 Å². The van der Waals surface area contributed by atoms with E-state index in [1.54, 1.807) is 38.1 Å². The van der Waals surface area contributed by atoms with Gasteiger partial charge in [-0.15, -0.1) is 0 Å². The van der Waals surface area contributed by atoms with Crippen molar-refractivity contribution in [3.8, 4) is 0 Å². The number of amides is 2. The highest BCUT2D eigenvalue weighted by Gasteiger charge is 2.13. The minimum Gasteiger partial charge on any atom is -0.478 e. The van der Waals surface area contributed by atoms with E-state index in [0.717, 1.165) is 0 Å². The summed E-state index contributed by atoms with van der Waals surface area (Å²) in [5, 5.41) is 14.4. The Hall–Kier alpha value is -2.76. The van der Waals surface area contributed by atoms with Crippen LogP contribution < -0.4 is 10.6 Å². The molecule has 0 spiro atoms. The summed E-state index contributed by atoms with van der Waals surface area (Å²) in [5.41, 5.74) is 1.21. The molecule has 1 aromatic heterocycles. The molecule has 0 aliphatic rings. The molecular weight excluding hydrogens is 272 g/mol. The standard InChI is InChI=1S/C15H16N2O4/c1-9-5-6-11(8-12(9)14(18)19)17-15(20)16-10(2)13-4-3-7-21-13/h3-8,10H,1-2H3,(H,18,19)(H2,16,17,20). The Morgan fingerprint density at radius 3 is 2.67 bits per heavy atom. The van der Waals surface area contributed by atoms with Gasteiger partial charge in [-0.1, -0.05) is 6.07 Å². The predicted octanol–water partition coefficient (Wildman–Crippen LogP) is 3.17. The van der Waals surface area contributed by atoms with Gasteiger partial charge in [-0.3, -0.25) is 0 Å². The zero-order valence-corrected chi connectivity index (χ0v) is 11.7. The van der Waals surface area contributed by atoms with E-state index in [1.165, 1.54) is 12.3 Å². The van der Waals surface area contributed by atoms with E-state index in [9.17, 15) is 9.59 Å². The number of benzene rings is 1. The number of anilines is 1. The molecule has 1 heterocycles. The van der Waals surface area contributed by atoms with Gasteiger partial charge in [0.05, 0.1) is 17.9 Å². The fourth-order valence-corrected chi connectivity index (χ4v) is 1.90. The number of hydrogen-bond acceptors (Lipinski definition) is 3. The molecule has 6 nitrogen and oxygen atoms in total. The summed E-state index contributed by atoms with van der Waals surface area (Å²) in [6.45, 7) is 3.49. The van der Waals surface area contributed by atoms with E-state index in [1.807, 2.05) is 0 Å². The first-order valence-corrected chi connectivity index (χ1v) is 6.42. The van der Waals surface area contributed by atoms with Crippen LogP contribution >= 0.6 is 0 Å². The lowest BCUT2D eigenvalue weighted by atomic mass is 10.1. The Labute approximate surface area is 121 Å². The number of carbonyl (C=O) groups is 2. The Morgan fingerprint density at radius 2 is 2.05 bits per heavy atom. The normalized spacial score (nSPS) is 11.7. The van der Waals surface area contributed by atoms with Crippen LogP contribution in [0.3, 0.4) is 0 Å². The number of aromatic carboxylic acids is 1. The highest BCUT2D eigenvalue weighted by Crippen LogP contribution is 2.16. The molecule has 6 heteroatoms. The van der Waals surface area contributed by atoms with Crippen molar-refractivity contribution >= 4 is 17.7 Å². The lowest BCUT2D eigenvalue weighted by Crippen LogP contribution is -2.31. The van der Waals surface area contributed by atoms with E-state index in [4.69, 9.17) is 9.52 Å². The summed E-state index contributed by atoms with van der Waals surface area (Å²) in [7, 11) is 0. The Kier molecular flexibility index (Phi) is 4.27. The van der Waals surface area contributed by atoms with Crippen molar-refractivity contribution < 1.29 is 19.1 Å². The highest BCUT2D eigenvalue weighted by molar-refractivity contribution is 5.94. The molecule has 0 bridgehead atoms. The Morgan fingerprint density at radius 1 is 1.29 bits per heavy atom. The first-order chi connectivity index (χ1) is 9.97. The third kappa shape index (κ3) is 3.62. The molecule has 2 amide bonds. The van der Waals surface area contributed by atoms with Crippen molar-refractivity contribution in [1.29, 1.82) is 0 Å². The third-order valence-corrected chi connectivity index (χ3v) is 3.04. The van der Waals surface area contributed by atoms with Crippen LogP contribution in [0.25, 0.3) is 0 Å². The number of carboxylic acids is 1. The fourth-order valence-electron chi connectivity index (χ4n) is 1.90. The SMILES string of the molecule is Cc1ccc(NC(=O)NC(C)c2ccco2)cc1C(=O)O. The van der Waals surface area contributed by atoms with E-state index in [2.05, 4.69) is 10.6 Å². The lowest BCUT2D eigenvalue weighted by molar-refractivity contribution is 0.0696. The molecule has 2 aromatic rings. The third-order valence-electron chi connectivity index (χ3n) is 3.04. The minimum absolute atomic E-state index is 0.159. The molecule has 2 rings (SSSR count). The highest BCUT2D eigenvalue weighted by atomic mass is 16.4. The van der Waals surface area contributed by atoms with Crippen LogP contribution in [0.1, 0.15) is 34.6 Å². The van der Waals surface area contributed by atoms with E-state index in [0.29, 0.717) is 17.0 Å². The molecule has 0 fully saturated rings. The Balaban J connectivity index is 2.03. The van der Waals surface area contributed by atoms with Crippen LogP contribution in [0.4, 0.5) is 10.5 Å². The van der Waals surface area contributed by atoms with E-state index < -0.39 is 12.0 Å². The molecule has 0 aliphatic carbocycles. The number of furan rings is 1. The lowest BCUT2D eigenvalue weighted by Gasteiger charge is -2.13. The molecule has 3 N–H and O–H groups in total. The first-order valence-electron chi connectivity index (χ1n) is 6.42. The van der Waals surface area contributed by atoms with Gasteiger partial charge in [0.2, 0.25) is 0 Å². The fraction of sp³-hybridized carbons (Fsp3) is 0.200. The van der Waals surface area contributed by atoms with Gasteiger partial charge in [-0.2, -0.15) is 0 Å². The van der Waals surface area contributed by atoms with Crippen LogP contribution in [0.15, 0.2) is 41.0 Å². The largest absolute Gasteiger partial charge is 0.478 e. The second-order valence-electron chi connectivity index (χ2n) is 4.67. The molecular formula is C15H16N2O4. The van der Waals surface area contributed by atoms with Crippen molar-refractivity contribution in [3.63, 3.8) is 0 Å². The molecule has 0 saturated carbocycles. The van der Waals surface area contributed by atoms with Gasteiger partial charge in [0.1, 0.15) is 5.76 Å². The quantitative estimate of drug-likeness (QED) is 0.805. The number of nitrogens with one attached hydrogen (secondary N) is 2. The van der Waals surface area contributed by atoms with Crippen molar-refractivity contribution in [2.24, 2.45) is 0 Å². The molecule has 110 valence electrons. The zero-order valence-electron chi connectivity index (χ0n) is 11.7. The number of carboxylic acid groups (broad SMARTS) is 1. The molecule has 1 unspecified atom stereocenters. The molecule has 0 aliphatic heterocycles. The van der Waals surface area contributed by atoms with Crippen molar-refractivity contribution in [2.45, 2.75) is 19.9 Å². The summed E-state index contributed by atoms with van der Waals surface area (Å²) in [4.78, 5) is 22.9. The smallest absolute Gasteiger partial charge is 0.336 e. The predicted molar refractivity (Wildman–Crippen MR) is 77.4 cm³/mol. The molecule has 0 saturated heterocycles. The Bertz CT molecular complexity index is 650. The van der Waals surface area contributed by atoms with Gasteiger partial charge in [0.15, 0.2) is 0 Å². The number of urea groups is 1.